The summed E-state index contributed by atoms with van der Waals surface area (Å²) in [5.41, 5.74) is -0.348. The Kier molecular flexibility index (Phi) is 6.27. The zero-order chi connectivity index (χ0) is 16.8. The Morgan fingerprint density at radius 2 is 1.78 bits per heavy atom. The average Bonchev–Trinajstić information content (AvgIpc) is 2.56. The Balaban J connectivity index is 1.85. The third-order valence-corrected chi connectivity index (χ3v) is 4.01. The fraction of sp³-hybridized carbons (Fsp3) is 0.562. The Labute approximate surface area is 134 Å². The first-order chi connectivity index (χ1) is 11.0. The second-order valence-corrected chi connectivity index (χ2v) is 5.69. The van der Waals surface area contributed by atoms with E-state index in [0.717, 1.165) is 38.2 Å². The third-order valence-electron chi connectivity index (χ3n) is 4.01. The number of halogens is 3. The quantitative estimate of drug-likeness (QED) is 0.663. The predicted octanol–water partition coefficient (Wildman–Crippen LogP) is 3.44. The maximum Gasteiger partial charge on any atom is 0.322 e. The van der Waals surface area contributed by atoms with Crippen LogP contribution in [0, 0.1) is 17.5 Å². The highest BCUT2D eigenvalue weighted by Crippen LogP contribution is 2.20. The highest BCUT2D eigenvalue weighted by molar-refractivity contribution is 5.89. The van der Waals surface area contributed by atoms with Gasteiger partial charge in [-0.15, -0.1) is 0 Å². The molecule has 0 spiro atoms. The van der Waals surface area contributed by atoms with Crippen LogP contribution in [-0.4, -0.2) is 48.6 Å². The summed E-state index contributed by atoms with van der Waals surface area (Å²) in [6.07, 6.45) is 3.50. The number of hydrogen-bond donors (Lipinski definition) is 1. The van der Waals surface area contributed by atoms with Crippen LogP contribution in [0.1, 0.15) is 26.2 Å². The van der Waals surface area contributed by atoms with Crippen LogP contribution < -0.4 is 5.32 Å². The van der Waals surface area contributed by atoms with Gasteiger partial charge in [0.15, 0.2) is 17.5 Å². The Hall–Kier alpha value is -1.76. The monoisotopic (exact) mass is 329 g/mol. The standard InChI is InChI=1S/C16H22F3N3O/c1-2-3-4-7-21-8-10-22(11-9-21)16(23)20-13-6-5-12(17)14(18)15(13)19/h5-6H,2-4,7-11H2,1H3,(H,20,23). The van der Waals surface area contributed by atoms with Crippen LogP contribution in [0.5, 0.6) is 0 Å². The van der Waals surface area contributed by atoms with Crippen molar-refractivity contribution in [2.45, 2.75) is 26.2 Å². The van der Waals surface area contributed by atoms with Crippen molar-refractivity contribution in [2.24, 2.45) is 0 Å². The third kappa shape index (κ3) is 4.60. The SMILES string of the molecule is CCCCCN1CCN(C(=O)Nc2ccc(F)c(F)c2F)CC1. The molecule has 0 unspecified atom stereocenters. The molecular formula is C16H22F3N3O. The van der Waals surface area contributed by atoms with Gasteiger partial charge < -0.3 is 10.2 Å². The summed E-state index contributed by atoms with van der Waals surface area (Å²) in [6, 6.07) is 1.31. The fourth-order valence-corrected chi connectivity index (χ4v) is 2.58. The molecule has 128 valence electrons. The molecule has 0 bridgehead atoms. The van der Waals surface area contributed by atoms with E-state index >= 15 is 0 Å². The van der Waals surface area contributed by atoms with Crippen LogP contribution in [0.25, 0.3) is 0 Å². The van der Waals surface area contributed by atoms with E-state index in [4.69, 9.17) is 0 Å². The normalized spacial score (nSPS) is 15.7. The van der Waals surface area contributed by atoms with Gasteiger partial charge in [-0.3, -0.25) is 4.90 Å². The first-order valence-corrected chi connectivity index (χ1v) is 7.94. The van der Waals surface area contributed by atoms with Gasteiger partial charge in [0.2, 0.25) is 0 Å². The molecule has 0 radical (unpaired) electrons. The molecule has 1 N–H and O–H groups in total. The van der Waals surface area contributed by atoms with E-state index in [1.165, 1.54) is 12.8 Å². The lowest BCUT2D eigenvalue weighted by atomic mass is 10.2. The van der Waals surface area contributed by atoms with Crippen LogP contribution in [0.15, 0.2) is 12.1 Å². The van der Waals surface area contributed by atoms with Gasteiger partial charge in [-0.1, -0.05) is 19.8 Å². The first kappa shape index (κ1) is 17.6. The predicted molar refractivity (Wildman–Crippen MR) is 82.9 cm³/mol. The second-order valence-electron chi connectivity index (χ2n) is 5.69. The molecule has 2 rings (SSSR count). The average molecular weight is 329 g/mol. The maximum absolute atomic E-state index is 13.6. The van der Waals surface area contributed by atoms with E-state index in [1.54, 1.807) is 4.90 Å². The van der Waals surface area contributed by atoms with Crippen molar-refractivity contribution < 1.29 is 18.0 Å². The zero-order valence-electron chi connectivity index (χ0n) is 13.2. The van der Waals surface area contributed by atoms with E-state index in [9.17, 15) is 18.0 Å². The van der Waals surface area contributed by atoms with Crippen molar-refractivity contribution in [2.75, 3.05) is 38.0 Å². The first-order valence-electron chi connectivity index (χ1n) is 7.94. The highest BCUT2D eigenvalue weighted by atomic mass is 19.2. The van der Waals surface area contributed by atoms with Crippen molar-refractivity contribution in [3.8, 4) is 0 Å². The molecule has 0 aliphatic carbocycles. The Morgan fingerprint density at radius 1 is 1.09 bits per heavy atom. The van der Waals surface area contributed by atoms with E-state index in [1.807, 2.05) is 0 Å². The number of urea groups is 1. The number of carbonyl (C=O) groups is 1. The number of unbranched alkanes of at least 4 members (excludes halogenated alkanes) is 2. The van der Waals surface area contributed by atoms with E-state index in [-0.39, 0.29) is 5.69 Å². The van der Waals surface area contributed by atoms with Gasteiger partial charge in [-0.05, 0) is 25.1 Å². The molecule has 1 fully saturated rings. The minimum absolute atomic E-state index is 0.348. The number of piperazine rings is 1. The molecule has 0 atom stereocenters. The summed E-state index contributed by atoms with van der Waals surface area (Å²) in [6.45, 7) is 5.75. The summed E-state index contributed by atoms with van der Waals surface area (Å²) in [7, 11) is 0. The summed E-state index contributed by atoms with van der Waals surface area (Å²) in [4.78, 5) is 15.9. The van der Waals surface area contributed by atoms with Gasteiger partial charge in [0.25, 0.3) is 0 Å². The topological polar surface area (TPSA) is 35.6 Å². The Morgan fingerprint density at radius 3 is 2.43 bits per heavy atom. The number of anilines is 1. The van der Waals surface area contributed by atoms with Crippen molar-refractivity contribution in [1.82, 2.24) is 9.80 Å². The molecule has 2 amide bonds. The number of hydrogen-bond acceptors (Lipinski definition) is 2. The fourth-order valence-electron chi connectivity index (χ4n) is 2.58. The largest absolute Gasteiger partial charge is 0.322 e. The van der Waals surface area contributed by atoms with Gasteiger partial charge in [-0.25, -0.2) is 18.0 Å². The van der Waals surface area contributed by atoms with Gasteiger partial charge in [0.05, 0.1) is 5.69 Å². The van der Waals surface area contributed by atoms with Gasteiger partial charge in [-0.2, -0.15) is 0 Å². The number of nitrogens with one attached hydrogen (secondary N) is 1. The number of nitrogens with zero attached hydrogens (tertiary/aromatic N) is 2. The number of carbonyl (C=O) groups excluding carboxylic acids is 1. The van der Waals surface area contributed by atoms with Crippen LogP contribution in [0.3, 0.4) is 0 Å². The molecule has 1 heterocycles. The number of benzene rings is 1. The van der Waals surface area contributed by atoms with E-state index in [2.05, 4.69) is 17.1 Å². The summed E-state index contributed by atoms with van der Waals surface area (Å²) >= 11 is 0. The van der Waals surface area contributed by atoms with Gasteiger partial charge in [0, 0.05) is 26.2 Å². The van der Waals surface area contributed by atoms with Crippen molar-refractivity contribution >= 4 is 11.7 Å². The molecule has 1 aliphatic rings. The molecule has 1 aromatic carbocycles. The van der Waals surface area contributed by atoms with Crippen molar-refractivity contribution in [3.05, 3.63) is 29.6 Å². The van der Waals surface area contributed by atoms with E-state index < -0.39 is 23.5 Å². The van der Waals surface area contributed by atoms with Crippen LogP contribution in [0.4, 0.5) is 23.7 Å². The summed E-state index contributed by atoms with van der Waals surface area (Å²) in [5.74, 6) is -4.23. The molecule has 7 heteroatoms. The Bertz CT molecular complexity index is 546. The maximum atomic E-state index is 13.6. The van der Waals surface area contributed by atoms with Gasteiger partial charge >= 0.3 is 6.03 Å². The van der Waals surface area contributed by atoms with Crippen LogP contribution >= 0.6 is 0 Å². The van der Waals surface area contributed by atoms with Gasteiger partial charge in [0.1, 0.15) is 0 Å². The molecule has 1 saturated heterocycles. The lowest BCUT2D eigenvalue weighted by Crippen LogP contribution is -2.50. The molecule has 0 saturated carbocycles. The van der Waals surface area contributed by atoms with Crippen LogP contribution in [-0.2, 0) is 0 Å². The summed E-state index contributed by atoms with van der Waals surface area (Å²) in [5, 5.41) is 2.30. The molecular weight excluding hydrogens is 307 g/mol. The highest BCUT2D eigenvalue weighted by Gasteiger charge is 2.22. The lowest BCUT2D eigenvalue weighted by molar-refractivity contribution is 0.146. The number of amides is 2. The summed E-state index contributed by atoms with van der Waals surface area (Å²) < 4.78 is 39.6. The lowest BCUT2D eigenvalue weighted by Gasteiger charge is -2.34. The van der Waals surface area contributed by atoms with Crippen molar-refractivity contribution in [3.63, 3.8) is 0 Å². The molecule has 4 nitrogen and oxygen atoms in total. The molecule has 1 aliphatic heterocycles. The molecule has 23 heavy (non-hydrogen) atoms. The minimum atomic E-state index is -1.58. The molecule has 0 aromatic heterocycles. The van der Waals surface area contributed by atoms with E-state index in [0.29, 0.717) is 13.1 Å². The zero-order valence-corrected chi connectivity index (χ0v) is 13.2. The van der Waals surface area contributed by atoms with Crippen molar-refractivity contribution in [1.29, 1.82) is 0 Å². The minimum Gasteiger partial charge on any atom is -0.322 e. The molecule has 1 aromatic rings. The smallest absolute Gasteiger partial charge is 0.322 e. The second kappa shape index (κ2) is 8.19. The number of rotatable bonds is 5. The van der Waals surface area contributed by atoms with Crippen LogP contribution in [0.2, 0.25) is 0 Å².